The van der Waals surface area contributed by atoms with Crippen LogP contribution in [0.5, 0.6) is 0 Å². The summed E-state index contributed by atoms with van der Waals surface area (Å²) in [4.78, 5) is 13.3. The van der Waals surface area contributed by atoms with E-state index >= 15 is 0 Å². The molecule has 0 aliphatic carbocycles. The predicted molar refractivity (Wildman–Crippen MR) is 64.3 cm³/mol. The molecule has 0 spiro atoms. The molecular formula is C13H19NO2. The van der Waals surface area contributed by atoms with Gasteiger partial charge in [0.05, 0.1) is 7.11 Å². The molecule has 0 aliphatic rings. The van der Waals surface area contributed by atoms with Crippen LogP contribution in [0.3, 0.4) is 0 Å². The Hall–Kier alpha value is -1.35. The van der Waals surface area contributed by atoms with Crippen molar-refractivity contribution in [3.63, 3.8) is 0 Å². The second kappa shape index (κ2) is 6.28. The summed E-state index contributed by atoms with van der Waals surface area (Å²) in [5.74, 6) is -0.185. The fourth-order valence-electron chi connectivity index (χ4n) is 1.49. The lowest BCUT2D eigenvalue weighted by molar-refractivity contribution is -0.145. The first-order valence-corrected chi connectivity index (χ1v) is 5.47. The zero-order valence-electron chi connectivity index (χ0n) is 10.1. The van der Waals surface area contributed by atoms with Crippen molar-refractivity contribution in [2.75, 3.05) is 20.7 Å². The molecule has 1 rings (SSSR count). The molecule has 3 heteroatoms. The maximum Gasteiger partial charge on any atom is 0.322 e. The minimum atomic E-state index is -0.186. The lowest BCUT2D eigenvalue weighted by Crippen LogP contribution is -2.37. The summed E-state index contributed by atoms with van der Waals surface area (Å²) in [5, 5.41) is 0. The van der Waals surface area contributed by atoms with Gasteiger partial charge < -0.3 is 4.74 Å². The SMILES string of the molecule is COC(=O)C(C)N(C)CCc1ccccc1. The highest BCUT2D eigenvalue weighted by Gasteiger charge is 2.17. The average molecular weight is 221 g/mol. The van der Waals surface area contributed by atoms with Crippen LogP contribution in [0.15, 0.2) is 30.3 Å². The third-order valence-electron chi connectivity index (χ3n) is 2.80. The standard InChI is InChI=1S/C13H19NO2/c1-11(13(15)16-3)14(2)10-9-12-7-5-4-6-8-12/h4-8,11H,9-10H2,1-3H3. The van der Waals surface area contributed by atoms with Crippen molar-refractivity contribution in [1.29, 1.82) is 0 Å². The van der Waals surface area contributed by atoms with Crippen LogP contribution in [0.2, 0.25) is 0 Å². The van der Waals surface area contributed by atoms with Gasteiger partial charge in [-0.25, -0.2) is 0 Å². The number of carbonyl (C=O) groups excluding carboxylic acids is 1. The smallest absolute Gasteiger partial charge is 0.322 e. The van der Waals surface area contributed by atoms with Crippen LogP contribution in [0.25, 0.3) is 0 Å². The monoisotopic (exact) mass is 221 g/mol. The zero-order valence-corrected chi connectivity index (χ0v) is 10.1. The maximum absolute atomic E-state index is 11.3. The van der Waals surface area contributed by atoms with E-state index in [1.807, 2.05) is 37.1 Å². The van der Waals surface area contributed by atoms with E-state index in [-0.39, 0.29) is 12.0 Å². The highest BCUT2D eigenvalue weighted by Crippen LogP contribution is 2.03. The van der Waals surface area contributed by atoms with Crippen molar-refractivity contribution in [1.82, 2.24) is 4.90 Å². The van der Waals surface area contributed by atoms with Gasteiger partial charge in [0.25, 0.3) is 0 Å². The van der Waals surface area contributed by atoms with E-state index in [9.17, 15) is 4.79 Å². The Balaban J connectivity index is 2.41. The van der Waals surface area contributed by atoms with Crippen LogP contribution < -0.4 is 0 Å². The molecule has 0 heterocycles. The van der Waals surface area contributed by atoms with Gasteiger partial charge in [0.15, 0.2) is 0 Å². The molecule has 0 saturated heterocycles. The lowest BCUT2D eigenvalue weighted by Gasteiger charge is -2.22. The van der Waals surface area contributed by atoms with Gasteiger partial charge in [0.2, 0.25) is 0 Å². The number of benzene rings is 1. The number of rotatable bonds is 5. The Labute approximate surface area is 97.0 Å². The molecule has 0 N–H and O–H groups in total. The Morgan fingerprint density at radius 3 is 2.56 bits per heavy atom. The Kier molecular flexibility index (Phi) is 4.99. The van der Waals surface area contributed by atoms with Crippen molar-refractivity contribution in [2.45, 2.75) is 19.4 Å². The molecule has 0 aliphatic heterocycles. The minimum Gasteiger partial charge on any atom is -0.468 e. The van der Waals surface area contributed by atoms with Gasteiger partial charge in [0, 0.05) is 6.54 Å². The molecule has 0 aromatic heterocycles. The van der Waals surface area contributed by atoms with Gasteiger partial charge in [-0.1, -0.05) is 30.3 Å². The molecule has 3 nitrogen and oxygen atoms in total. The molecule has 16 heavy (non-hydrogen) atoms. The van der Waals surface area contributed by atoms with E-state index < -0.39 is 0 Å². The van der Waals surface area contributed by atoms with E-state index in [4.69, 9.17) is 4.74 Å². The van der Waals surface area contributed by atoms with E-state index in [0.717, 1.165) is 13.0 Å². The van der Waals surface area contributed by atoms with E-state index in [0.29, 0.717) is 0 Å². The number of likely N-dealkylation sites (N-methyl/N-ethyl adjacent to an activating group) is 1. The fourth-order valence-corrected chi connectivity index (χ4v) is 1.49. The molecule has 88 valence electrons. The highest BCUT2D eigenvalue weighted by atomic mass is 16.5. The van der Waals surface area contributed by atoms with E-state index in [1.165, 1.54) is 12.7 Å². The van der Waals surface area contributed by atoms with Crippen LogP contribution in [0.4, 0.5) is 0 Å². The first kappa shape index (κ1) is 12.7. The van der Waals surface area contributed by atoms with Crippen molar-refractivity contribution >= 4 is 5.97 Å². The average Bonchev–Trinajstić information content (AvgIpc) is 2.35. The maximum atomic E-state index is 11.3. The quantitative estimate of drug-likeness (QED) is 0.709. The number of ether oxygens (including phenoxy) is 1. The van der Waals surface area contributed by atoms with Crippen LogP contribution in [0.1, 0.15) is 12.5 Å². The minimum absolute atomic E-state index is 0.185. The van der Waals surface area contributed by atoms with Crippen molar-refractivity contribution in [3.05, 3.63) is 35.9 Å². The Morgan fingerprint density at radius 1 is 1.38 bits per heavy atom. The number of methoxy groups -OCH3 is 1. The second-order valence-corrected chi connectivity index (χ2v) is 3.92. The number of hydrogen-bond acceptors (Lipinski definition) is 3. The van der Waals surface area contributed by atoms with Crippen LogP contribution in [0, 0.1) is 0 Å². The largest absolute Gasteiger partial charge is 0.468 e. The number of carbonyl (C=O) groups is 1. The Morgan fingerprint density at radius 2 is 2.00 bits per heavy atom. The summed E-state index contributed by atoms with van der Waals surface area (Å²) < 4.78 is 4.70. The third-order valence-corrected chi connectivity index (χ3v) is 2.80. The normalized spacial score (nSPS) is 12.5. The molecule has 1 unspecified atom stereocenters. The first-order chi connectivity index (χ1) is 7.65. The number of esters is 1. The van der Waals surface area contributed by atoms with Crippen molar-refractivity contribution < 1.29 is 9.53 Å². The summed E-state index contributed by atoms with van der Waals surface area (Å²) in [7, 11) is 3.36. The molecule has 0 bridgehead atoms. The molecule has 0 amide bonds. The van der Waals surface area contributed by atoms with Crippen LogP contribution in [-0.2, 0) is 16.0 Å². The summed E-state index contributed by atoms with van der Waals surface area (Å²) in [6, 6.07) is 10.1. The molecule has 0 radical (unpaired) electrons. The molecule has 1 atom stereocenters. The third kappa shape index (κ3) is 3.66. The second-order valence-electron chi connectivity index (χ2n) is 3.92. The zero-order chi connectivity index (χ0) is 12.0. The summed E-state index contributed by atoms with van der Waals surface area (Å²) in [5.41, 5.74) is 1.28. The topological polar surface area (TPSA) is 29.5 Å². The summed E-state index contributed by atoms with van der Waals surface area (Å²) in [6.07, 6.45) is 0.943. The van der Waals surface area contributed by atoms with Gasteiger partial charge in [-0.05, 0) is 26.0 Å². The van der Waals surface area contributed by atoms with Gasteiger partial charge >= 0.3 is 5.97 Å². The molecule has 0 saturated carbocycles. The van der Waals surface area contributed by atoms with Crippen LogP contribution in [-0.4, -0.2) is 37.6 Å². The van der Waals surface area contributed by atoms with Gasteiger partial charge in [-0.3, -0.25) is 9.69 Å². The van der Waals surface area contributed by atoms with E-state index in [2.05, 4.69) is 12.1 Å². The first-order valence-electron chi connectivity index (χ1n) is 5.47. The lowest BCUT2D eigenvalue weighted by atomic mass is 10.1. The fraction of sp³-hybridized carbons (Fsp3) is 0.462. The molecule has 0 fully saturated rings. The molecule has 1 aromatic rings. The molecular weight excluding hydrogens is 202 g/mol. The number of nitrogens with zero attached hydrogens (tertiary/aromatic N) is 1. The van der Waals surface area contributed by atoms with E-state index in [1.54, 1.807) is 0 Å². The summed E-state index contributed by atoms with van der Waals surface area (Å²) in [6.45, 7) is 2.71. The Bertz CT molecular complexity index is 324. The molecule has 1 aromatic carbocycles. The summed E-state index contributed by atoms with van der Waals surface area (Å²) >= 11 is 0. The van der Waals surface area contributed by atoms with Gasteiger partial charge in [-0.15, -0.1) is 0 Å². The van der Waals surface area contributed by atoms with Crippen LogP contribution >= 0.6 is 0 Å². The van der Waals surface area contributed by atoms with Gasteiger partial charge in [0.1, 0.15) is 6.04 Å². The number of hydrogen-bond donors (Lipinski definition) is 0. The van der Waals surface area contributed by atoms with Crippen molar-refractivity contribution in [3.8, 4) is 0 Å². The van der Waals surface area contributed by atoms with Crippen molar-refractivity contribution in [2.24, 2.45) is 0 Å². The van der Waals surface area contributed by atoms with Gasteiger partial charge in [-0.2, -0.15) is 0 Å². The highest BCUT2D eigenvalue weighted by molar-refractivity contribution is 5.75. The predicted octanol–water partition coefficient (Wildman–Crippen LogP) is 1.72.